The molecule has 4 aliphatic carbocycles. The number of rotatable bonds is 9. The fourth-order valence-electron chi connectivity index (χ4n) is 10.3. The van der Waals surface area contributed by atoms with E-state index in [2.05, 4.69) is 31.1 Å². The molecule has 0 radical (unpaired) electrons. The molecular weight excluding hydrogens is 558 g/mol. The monoisotopic (exact) mass is 607 g/mol. The number of aromatic hydroxyl groups is 1. The van der Waals surface area contributed by atoms with Gasteiger partial charge in [0, 0.05) is 12.0 Å². The zero-order chi connectivity index (χ0) is 31.2. The Bertz CT molecular complexity index is 1340. The number of carbonyl (C=O) groups excluding carboxylic acids is 2. The summed E-state index contributed by atoms with van der Waals surface area (Å²) in [7, 11) is 0. The predicted octanol–water partition coefficient (Wildman–Crippen LogP) is 5.32. The molecular formula is C35H49N3O6. The number of hydrogen-bond donors (Lipinski definition) is 3. The third-order valence-electron chi connectivity index (χ3n) is 12.8. The lowest BCUT2D eigenvalue weighted by atomic mass is 9.43. The van der Waals surface area contributed by atoms with Gasteiger partial charge in [-0.15, -0.1) is 5.10 Å². The van der Waals surface area contributed by atoms with E-state index in [4.69, 9.17) is 4.74 Å². The standard InChI is InChI=1S/C35H49N3O6/c1-21(4-13-33(43)44-20-24-18-38(37-36-24)19-31(41)22-5-8-25(39)9-6-22)28-11-12-29-27-10-7-23-16-26(40)14-15-34(23,2)30(27)17-32(42)35(28,29)3/h5-6,8-9,18,21,23,26-30,32,39-40,42H,4,7,10-17,19-20H2,1-3H3/t21-,23-,26-,27+,28-,29+,30+,32+,34+,35-/m1/s1. The maximum Gasteiger partial charge on any atom is 0.306 e. The van der Waals surface area contributed by atoms with Gasteiger partial charge in [-0.2, -0.15) is 0 Å². The minimum atomic E-state index is -0.332. The highest BCUT2D eigenvalue weighted by molar-refractivity contribution is 5.95. The predicted molar refractivity (Wildman–Crippen MR) is 163 cm³/mol. The molecule has 0 saturated heterocycles. The van der Waals surface area contributed by atoms with Crippen molar-refractivity contribution < 1.29 is 29.6 Å². The highest BCUT2D eigenvalue weighted by atomic mass is 16.5. The zero-order valence-corrected chi connectivity index (χ0v) is 26.4. The molecule has 9 nitrogen and oxygen atoms in total. The number of nitrogens with zero attached hydrogens (tertiary/aromatic N) is 3. The number of ketones is 1. The van der Waals surface area contributed by atoms with Crippen LogP contribution in [0.15, 0.2) is 30.5 Å². The summed E-state index contributed by atoms with van der Waals surface area (Å²) in [6.45, 7) is 7.03. The van der Waals surface area contributed by atoms with Crippen LogP contribution in [-0.4, -0.2) is 54.3 Å². The van der Waals surface area contributed by atoms with E-state index in [0.717, 1.165) is 44.9 Å². The summed E-state index contributed by atoms with van der Waals surface area (Å²) in [5.41, 5.74) is 1.05. The molecule has 0 aliphatic heterocycles. The molecule has 1 aromatic heterocycles. The van der Waals surface area contributed by atoms with E-state index in [1.54, 1.807) is 18.3 Å². The van der Waals surface area contributed by atoms with E-state index in [-0.39, 0.29) is 53.7 Å². The number of aliphatic hydroxyl groups is 2. The summed E-state index contributed by atoms with van der Waals surface area (Å²) in [6.07, 6.45) is 10.6. The van der Waals surface area contributed by atoms with Crippen LogP contribution in [0.3, 0.4) is 0 Å². The average Bonchev–Trinajstić information content (AvgIpc) is 3.60. The molecule has 0 bridgehead atoms. The molecule has 2 aromatic rings. The Labute approximate surface area is 260 Å². The first-order valence-electron chi connectivity index (χ1n) is 16.7. The van der Waals surface area contributed by atoms with Gasteiger partial charge < -0.3 is 20.1 Å². The lowest BCUT2D eigenvalue weighted by Gasteiger charge is -2.62. The topological polar surface area (TPSA) is 135 Å². The highest BCUT2D eigenvalue weighted by Gasteiger charge is 2.63. The molecule has 6 rings (SSSR count). The maximum absolute atomic E-state index is 12.7. The number of hydrogen-bond acceptors (Lipinski definition) is 8. The van der Waals surface area contributed by atoms with Crippen LogP contribution < -0.4 is 0 Å². The molecule has 10 atom stereocenters. The van der Waals surface area contributed by atoms with Crippen LogP contribution in [0.4, 0.5) is 0 Å². The molecule has 4 fully saturated rings. The number of aromatic nitrogens is 3. The number of phenols is 1. The molecule has 44 heavy (non-hydrogen) atoms. The smallest absolute Gasteiger partial charge is 0.306 e. The molecule has 1 aromatic carbocycles. The number of benzene rings is 1. The number of aliphatic hydroxyl groups excluding tert-OH is 2. The van der Waals surface area contributed by atoms with Crippen LogP contribution >= 0.6 is 0 Å². The van der Waals surface area contributed by atoms with Crippen molar-refractivity contribution in [3.05, 3.63) is 41.7 Å². The second kappa shape index (κ2) is 12.2. The Morgan fingerprint density at radius 2 is 1.82 bits per heavy atom. The zero-order valence-electron chi connectivity index (χ0n) is 26.4. The number of ether oxygens (including phenoxy) is 1. The Kier molecular flexibility index (Phi) is 8.65. The fourth-order valence-corrected chi connectivity index (χ4v) is 10.3. The van der Waals surface area contributed by atoms with Crippen LogP contribution in [0, 0.1) is 46.3 Å². The van der Waals surface area contributed by atoms with Crippen molar-refractivity contribution in [3.8, 4) is 5.75 Å². The minimum Gasteiger partial charge on any atom is -0.508 e. The summed E-state index contributed by atoms with van der Waals surface area (Å²) in [5.74, 6) is 2.61. The summed E-state index contributed by atoms with van der Waals surface area (Å²) in [6, 6.07) is 6.05. The summed E-state index contributed by atoms with van der Waals surface area (Å²) < 4.78 is 6.93. The van der Waals surface area contributed by atoms with E-state index in [1.807, 2.05) is 0 Å². The SMILES string of the molecule is C[C@H](CCC(=O)OCc1cn(CC(=O)c2ccc(O)cc2)nn1)[C@H]1CC[C@H]2[C@@H]3CC[C@@H]4C[C@H](O)CC[C@]4(C)[C@H]3C[C@H](O)[C@]12C. The fraction of sp³-hybridized carbons (Fsp3) is 0.714. The van der Waals surface area contributed by atoms with E-state index in [1.165, 1.54) is 29.7 Å². The van der Waals surface area contributed by atoms with Crippen molar-refractivity contribution >= 4 is 11.8 Å². The molecule has 1 heterocycles. The van der Waals surface area contributed by atoms with Gasteiger partial charge >= 0.3 is 5.97 Å². The molecule has 9 heteroatoms. The van der Waals surface area contributed by atoms with Crippen LogP contribution in [-0.2, 0) is 22.7 Å². The van der Waals surface area contributed by atoms with E-state index < -0.39 is 0 Å². The van der Waals surface area contributed by atoms with Gasteiger partial charge in [0.2, 0.25) is 0 Å². The summed E-state index contributed by atoms with van der Waals surface area (Å²) >= 11 is 0. The van der Waals surface area contributed by atoms with Gasteiger partial charge in [-0.1, -0.05) is 26.0 Å². The first-order chi connectivity index (χ1) is 21.0. The Hall–Kier alpha value is -2.78. The number of phenolic OH excluding ortho intramolecular Hbond substituents is 1. The van der Waals surface area contributed by atoms with E-state index in [9.17, 15) is 24.9 Å². The van der Waals surface area contributed by atoms with Gasteiger partial charge in [-0.25, -0.2) is 4.68 Å². The Morgan fingerprint density at radius 1 is 1.05 bits per heavy atom. The van der Waals surface area contributed by atoms with Crippen molar-refractivity contribution in [1.82, 2.24) is 15.0 Å². The van der Waals surface area contributed by atoms with E-state index >= 15 is 0 Å². The largest absolute Gasteiger partial charge is 0.508 e. The number of fused-ring (bicyclic) bond motifs is 5. The van der Waals surface area contributed by atoms with Gasteiger partial charge in [0.05, 0.1) is 18.4 Å². The first-order valence-corrected chi connectivity index (χ1v) is 16.7. The molecule has 0 spiro atoms. The van der Waals surface area contributed by atoms with Crippen molar-refractivity contribution in [2.45, 2.75) is 110 Å². The molecule has 4 aliphatic rings. The number of carbonyl (C=O) groups is 2. The molecule has 0 unspecified atom stereocenters. The normalized spacial score (nSPS) is 37.0. The molecule has 240 valence electrons. The average molecular weight is 608 g/mol. The van der Waals surface area contributed by atoms with Crippen LogP contribution in [0.5, 0.6) is 5.75 Å². The third kappa shape index (κ3) is 5.70. The quantitative estimate of drug-likeness (QED) is 0.258. The summed E-state index contributed by atoms with van der Waals surface area (Å²) in [4.78, 5) is 25.2. The first kappa shape index (κ1) is 31.2. The second-order valence-corrected chi connectivity index (χ2v) is 14.9. The van der Waals surface area contributed by atoms with Gasteiger partial charge in [0.1, 0.15) is 24.6 Å². The van der Waals surface area contributed by atoms with Crippen LogP contribution in [0.1, 0.15) is 101 Å². The number of esters is 1. The molecule has 4 saturated carbocycles. The van der Waals surface area contributed by atoms with Crippen molar-refractivity contribution in [3.63, 3.8) is 0 Å². The van der Waals surface area contributed by atoms with E-state index in [0.29, 0.717) is 53.2 Å². The second-order valence-electron chi connectivity index (χ2n) is 14.9. The third-order valence-corrected chi connectivity index (χ3v) is 12.8. The lowest BCUT2D eigenvalue weighted by molar-refractivity contribution is -0.175. The van der Waals surface area contributed by atoms with Gasteiger partial charge in [0.15, 0.2) is 5.78 Å². The molecule has 0 amide bonds. The van der Waals surface area contributed by atoms with Gasteiger partial charge in [0.25, 0.3) is 0 Å². The summed E-state index contributed by atoms with van der Waals surface area (Å²) in [5, 5.41) is 39.6. The molecule has 3 N–H and O–H groups in total. The van der Waals surface area contributed by atoms with Gasteiger partial charge in [-0.05, 0) is 128 Å². The highest BCUT2D eigenvalue weighted by Crippen LogP contribution is 2.68. The van der Waals surface area contributed by atoms with Crippen molar-refractivity contribution in [2.24, 2.45) is 46.3 Å². The van der Waals surface area contributed by atoms with Crippen LogP contribution in [0.25, 0.3) is 0 Å². The van der Waals surface area contributed by atoms with Crippen LogP contribution in [0.2, 0.25) is 0 Å². The van der Waals surface area contributed by atoms with Crippen molar-refractivity contribution in [1.29, 1.82) is 0 Å². The maximum atomic E-state index is 12.7. The Morgan fingerprint density at radius 3 is 2.59 bits per heavy atom. The Balaban J connectivity index is 1.000. The van der Waals surface area contributed by atoms with Gasteiger partial charge in [-0.3, -0.25) is 9.59 Å². The van der Waals surface area contributed by atoms with Crippen molar-refractivity contribution in [2.75, 3.05) is 0 Å². The minimum absolute atomic E-state index is 0.000783. The lowest BCUT2D eigenvalue weighted by Crippen LogP contribution is -2.58. The number of Topliss-reactive ketones (excluding diaryl/α,β-unsaturated/α-hetero) is 1.